The molecule has 0 unspecified atom stereocenters. The lowest BCUT2D eigenvalue weighted by molar-refractivity contribution is -0.387. The Morgan fingerprint density at radius 1 is 1.56 bits per heavy atom. The maximum atomic E-state index is 13.3. The highest BCUT2D eigenvalue weighted by Crippen LogP contribution is 2.24. The van der Waals surface area contributed by atoms with Crippen molar-refractivity contribution >= 4 is 16.6 Å². The molecule has 0 radical (unpaired) electrons. The fourth-order valence-corrected chi connectivity index (χ4v) is 1.49. The first-order valence-electron chi connectivity index (χ1n) is 5.54. The van der Waals surface area contributed by atoms with Gasteiger partial charge >= 0.3 is 5.69 Å². The molecule has 0 aliphatic carbocycles. The highest BCUT2D eigenvalue weighted by atomic mass is 19.1. The van der Waals surface area contributed by atoms with Crippen molar-refractivity contribution in [3.05, 3.63) is 46.9 Å². The van der Waals surface area contributed by atoms with Crippen LogP contribution in [0.25, 0.3) is 10.9 Å². The molecule has 2 aromatic rings. The Kier molecular flexibility index (Phi) is 4.53. The summed E-state index contributed by atoms with van der Waals surface area (Å²) in [6.07, 6.45) is 3.08. The van der Waals surface area contributed by atoms with E-state index in [2.05, 4.69) is 11.7 Å². The lowest BCUT2D eigenvalue weighted by Gasteiger charge is -1.99. The van der Waals surface area contributed by atoms with Gasteiger partial charge in [-0.1, -0.05) is 19.9 Å². The molecule has 0 bridgehead atoms. The van der Waals surface area contributed by atoms with Gasteiger partial charge in [-0.15, -0.1) is 6.58 Å². The first-order valence-corrected chi connectivity index (χ1v) is 5.54. The first-order chi connectivity index (χ1) is 8.63. The van der Waals surface area contributed by atoms with Crippen LogP contribution in [0.15, 0.2) is 31.0 Å². The lowest BCUT2D eigenvalue weighted by atomic mass is 10.2. The Morgan fingerprint density at radius 2 is 2.22 bits per heavy atom. The van der Waals surface area contributed by atoms with Crippen LogP contribution in [0.3, 0.4) is 0 Å². The number of halogens is 1. The molecule has 0 fully saturated rings. The Bertz CT molecular complexity index is 578. The highest BCUT2D eigenvalue weighted by molar-refractivity contribution is 5.81. The van der Waals surface area contributed by atoms with E-state index in [-0.39, 0.29) is 0 Å². The zero-order chi connectivity index (χ0) is 13.7. The molecule has 0 spiro atoms. The Balaban J connectivity index is 0.000000771. The molecule has 0 aliphatic rings. The van der Waals surface area contributed by atoms with Crippen LogP contribution in [0, 0.1) is 15.9 Å². The fourth-order valence-electron chi connectivity index (χ4n) is 1.49. The zero-order valence-corrected chi connectivity index (χ0v) is 10.3. The predicted molar refractivity (Wildman–Crippen MR) is 67.9 cm³/mol. The topological polar surface area (TPSA) is 61.0 Å². The quantitative estimate of drug-likeness (QED) is 0.477. The minimum absolute atomic E-state index is 0.423. The molecule has 0 saturated heterocycles. The van der Waals surface area contributed by atoms with Gasteiger partial charge in [-0.2, -0.15) is 9.49 Å². The molecule has 1 heterocycles. The van der Waals surface area contributed by atoms with E-state index in [9.17, 15) is 14.5 Å². The van der Waals surface area contributed by atoms with Gasteiger partial charge in [0.1, 0.15) is 0 Å². The molecular weight excluding hydrogens is 237 g/mol. The molecule has 96 valence electrons. The standard InChI is InChI=1S/C10H8FN3O2.C2H6/c1-2-3-13-9-5-10(14(15)16)8(11)4-7(9)6-12-13;1-2/h2,4-6H,1,3H2;1-2H3. The molecule has 0 saturated carbocycles. The lowest BCUT2D eigenvalue weighted by Crippen LogP contribution is -1.98. The number of hydrogen-bond donors (Lipinski definition) is 0. The van der Waals surface area contributed by atoms with Gasteiger partial charge in [0.2, 0.25) is 5.82 Å². The fraction of sp³-hybridized carbons (Fsp3) is 0.250. The summed E-state index contributed by atoms with van der Waals surface area (Å²) in [6.45, 7) is 7.97. The molecule has 1 aromatic heterocycles. The molecule has 5 nitrogen and oxygen atoms in total. The second kappa shape index (κ2) is 5.90. The van der Waals surface area contributed by atoms with Gasteiger partial charge in [-0.3, -0.25) is 14.8 Å². The third-order valence-electron chi connectivity index (χ3n) is 2.21. The van der Waals surface area contributed by atoms with E-state index in [4.69, 9.17) is 0 Å². The van der Waals surface area contributed by atoms with Crippen LogP contribution in [0.4, 0.5) is 10.1 Å². The number of hydrogen-bond acceptors (Lipinski definition) is 3. The molecule has 2 rings (SSSR count). The number of rotatable bonds is 3. The van der Waals surface area contributed by atoms with E-state index >= 15 is 0 Å². The van der Waals surface area contributed by atoms with Crippen molar-refractivity contribution in [1.29, 1.82) is 0 Å². The maximum Gasteiger partial charge on any atom is 0.306 e. The Labute approximate surface area is 104 Å². The van der Waals surface area contributed by atoms with Gasteiger partial charge in [0.25, 0.3) is 0 Å². The molecule has 0 aliphatic heterocycles. The van der Waals surface area contributed by atoms with E-state index in [1.807, 2.05) is 13.8 Å². The van der Waals surface area contributed by atoms with Gasteiger partial charge in [-0.25, -0.2) is 0 Å². The molecule has 1 aromatic carbocycles. The molecular formula is C12H14FN3O2. The van der Waals surface area contributed by atoms with Gasteiger partial charge < -0.3 is 0 Å². The summed E-state index contributed by atoms with van der Waals surface area (Å²) in [5.74, 6) is -0.851. The summed E-state index contributed by atoms with van der Waals surface area (Å²) in [5.41, 5.74) is -0.0219. The van der Waals surface area contributed by atoms with Crippen LogP contribution < -0.4 is 0 Å². The third kappa shape index (κ3) is 2.53. The minimum Gasteiger partial charge on any atom is -0.261 e. The number of nitro groups is 1. The van der Waals surface area contributed by atoms with Crippen molar-refractivity contribution in [3.63, 3.8) is 0 Å². The first kappa shape index (κ1) is 13.8. The smallest absolute Gasteiger partial charge is 0.261 e. The van der Waals surface area contributed by atoms with E-state index < -0.39 is 16.4 Å². The summed E-state index contributed by atoms with van der Waals surface area (Å²) >= 11 is 0. The van der Waals surface area contributed by atoms with Crippen molar-refractivity contribution < 1.29 is 9.31 Å². The Hall–Kier alpha value is -2.24. The van der Waals surface area contributed by atoms with Crippen molar-refractivity contribution in [1.82, 2.24) is 9.78 Å². The summed E-state index contributed by atoms with van der Waals surface area (Å²) in [7, 11) is 0. The van der Waals surface area contributed by atoms with E-state index in [0.29, 0.717) is 17.4 Å². The van der Waals surface area contributed by atoms with Gasteiger partial charge in [0, 0.05) is 11.5 Å². The van der Waals surface area contributed by atoms with Crippen molar-refractivity contribution in [3.8, 4) is 0 Å². The number of nitrogens with zero attached hydrogens (tertiary/aromatic N) is 3. The van der Waals surface area contributed by atoms with E-state index in [0.717, 1.165) is 6.07 Å². The number of fused-ring (bicyclic) bond motifs is 1. The number of nitro benzene ring substituents is 1. The second-order valence-corrected chi connectivity index (χ2v) is 3.23. The summed E-state index contributed by atoms with van der Waals surface area (Å²) < 4.78 is 14.8. The average Bonchev–Trinajstić information content (AvgIpc) is 2.73. The van der Waals surface area contributed by atoms with Crippen molar-refractivity contribution in [2.75, 3.05) is 0 Å². The molecule has 0 amide bonds. The average molecular weight is 251 g/mol. The van der Waals surface area contributed by atoms with Crippen LogP contribution in [0.5, 0.6) is 0 Å². The summed E-state index contributed by atoms with van der Waals surface area (Å²) in [5, 5.41) is 15.1. The summed E-state index contributed by atoms with van der Waals surface area (Å²) in [6, 6.07) is 2.29. The predicted octanol–water partition coefficient (Wildman–Crippen LogP) is 3.30. The van der Waals surface area contributed by atoms with Crippen LogP contribution in [0.1, 0.15) is 13.8 Å². The SMILES string of the molecule is C=CCn1ncc2cc(F)c([N+](=O)[O-])cc21.CC. The van der Waals surface area contributed by atoms with Crippen LogP contribution in [-0.4, -0.2) is 14.7 Å². The van der Waals surface area contributed by atoms with Crippen molar-refractivity contribution in [2.24, 2.45) is 0 Å². The largest absolute Gasteiger partial charge is 0.306 e. The van der Waals surface area contributed by atoms with Gasteiger partial charge in [0.05, 0.1) is 23.2 Å². The summed E-state index contributed by atoms with van der Waals surface area (Å²) in [4.78, 5) is 9.82. The molecule has 0 N–H and O–H groups in total. The van der Waals surface area contributed by atoms with Crippen LogP contribution in [0.2, 0.25) is 0 Å². The van der Waals surface area contributed by atoms with Gasteiger partial charge in [0.15, 0.2) is 0 Å². The second-order valence-electron chi connectivity index (χ2n) is 3.23. The van der Waals surface area contributed by atoms with Crippen LogP contribution >= 0.6 is 0 Å². The Morgan fingerprint density at radius 3 is 2.78 bits per heavy atom. The van der Waals surface area contributed by atoms with Crippen LogP contribution in [-0.2, 0) is 6.54 Å². The number of benzene rings is 1. The maximum absolute atomic E-state index is 13.3. The van der Waals surface area contributed by atoms with E-state index in [1.165, 1.54) is 16.9 Å². The monoisotopic (exact) mass is 251 g/mol. The normalized spacial score (nSPS) is 9.72. The highest BCUT2D eigenvalue weighted by Gasteiger charge is 2.16. The van der Waals surface area contributed by atoms with Gasteiger partial charge in [-0.05, 0) is 6.07 Å². The van der Waals surface area contributed by atoms with E-state index in [1.54, 1.807) is 6.08 Å². The number of allylic oxidation sites excluding steroid dienone is 1. The number of aromatic nitrogens is 2. The third-order valence-corrected chi connectivity index (χ3v) is 2.21. The van der Waals surface area contributed by atoms with Crippen molar-refractivity contribution in [2.45, 2.75) is 20.4 Å². The molecule has 18 heavy (non-hydrogen) atoms. The molecule has 0 atom stereocenters. The molecule has 6 heteroatoms. The zero-order valence-electron chi connectivity index (χ0n) is 10.3. The minimum atomic E-state index is -0.851.